The molecule has 6 unspecified atom stereocenters. The molecule has 3 aliphatic rings. The Morgan fingerprint density at radius 2 is 1.55 bits per heavy atom. The largest absolute Gasteiger partial charge is 0.508 e. The topological polar surface area (TPSA) is 210 Å². The van der Waals surface area contributed by atoms with Crippen LogP contribution in [0, 0.1) is 0 Å². The van der Waals surface area contributed by atoms with E-state index in [0.29, 0.717) is 0 Å². The Morgan fingerprint density at radius 3 is 2.18 bits per heavy atom. The second kappa shape index (κ2) is 8.50. The Labute approximate surface area is 186 Å². The average Bonchev–Trinajstić information content (AvgIpc) is 2.77. The monoisotopic (exact) mass is 466 g/mol. The molecule has 1 aromatic carbocycles. The zero-order valence-corrected chi connectivity index (χ0v) is 16.8. The van der Waals surface area contributed by atoms with Gasteiger partial charge in [0.2, 0.25) is 6.29 Å². The first-order valence-electron chi connectivity index (χ1n) is 9.77. The van der Waals surface area contributed by atoms with Crippen LogP contribution in [0.1, 0.15) is 5.56 Å². The Bertz CT molecular complexity index is 1050. The summed E-state index contributed by atoms with van der Waals surface area (Å²) in [7, 11) is 0. The van der Waals surface area contributed by atoms with E-state index in [9.17, 15) is 46.0 Å². The Hall–Kier alpha value is -3.42. The molecule has 0 aromatic heterocycles. The first-order chi connectivity index (χ1) is 15.6. The number of hydrogen-bond acceptors (Lipinski definition) is 12. The third-order valence-electron chi connectivity index (χ3n) is 5.39. The lowest BCUT2D eigenvalue weighted by Gasteiger charge is -2.40. The lowest BCUT2D eigenvalue weighted by atomic mass is 9.96. The van der Waals surface area contributed by atoms with Crippen molar-refractivity contribution in [2.24, 2.45) is 0 Å². The fourth-order valence-corrected chi connectivity index (χ4v) is 3.63. The van der Waals surface area contributed by atoms with Crippen molar-refractivity contribution in [3.63, 3.8) is 0 Å². The molecule has 9 N–H and O–H groups in total. The molecule has 0 saturated carbocycles. The van der Waals surface area contributed by atoms with E-state index in [1.165, 1.54) is 12.2 Å². The van der Waals surface area contributed by atoms with Gasteiger partial charge in [0.1, 0.15) is 42.0 Å². The van der Waals surface area contributed by atoms with Crippen LogP contribution in [0.5, 0.6) is 17.2 Å². The number of aliphatic hydroxyl groups excluding tert-OH is 6. The van der Waals surface area contributed by atoms with E-state index in [1.807, 2.05) is 0 Å². The number of allylic oxidation sites excluding steroid dienone is 2. The molecule has 1 aromatic rings. The molecule has 2 aliphatic heterocycles. The van der Waals surface area contributed by atoms with Gasteiger partial charge in [0.25, 0.3) is 0 Å². The van der Waals surface area contributed by atoms with Crippen molar-refractivity contribution >= 4 is 5.76 Å². The molecule has 6 atom stereocenters. The summed E-state index contributed by atoms with van der Waals surface area (Å²) in [6.45, 7) is -0.691. The molecular weight excluding hydrogens is 444 g/mol. The highest BCUT2D eigenvalue weighted by Crippen LogP contribution is 2.42. The fourth-order valence-electron chi connectivity index (χ4n) is 3.63. The number of phenols is 3. The van der Waals surface area contributed by atoms with Crippen molar-refractivity contribution < 1.29 is 60.2 Å². The minimum absolute atomic E-state index is 0.000349. The van der Waals surface area contributed by atoms with Crippen LogP contribution in [-0.4, -0.2) is 89.4 Å². The molecular formula is C21H22O12. The van der Waals surface area contributed by atoms with E-state index in [1.54, 1.807) is 0 Å². The Kier molecular flexibility index (Phi) is 5.86. The first kappa shape index (κ1) is 22.8. The van der Waals surface area contributed by atoms with Crippen LogP contribution < -0.4 is 0 Å². The van der Waals surface area contributed by atoms with Gasteiger partial charge in [0.15, 0.2) is 28.8 Å². The first-order valence-corrected chi connectivity index (χ1v) is 9.77. The molecule has 0 radical (unpaired) electrons. The van der Waals surface area contributed by atoms with Crippen molar-refractivity contribution in [2.75, 3.05) is 6.61 Å². The van der Waals surface area contributed by atoms with E-state index in [4.69, 9.17) is 14.2 Å². The molecule has 178 valence electrons. The van der Waals surface area contributed by atoms with Gasteiger partial charge in [0.05, 0.1) is 6.61 Å². The van der Waals surface area contributed by atoms with Crippen LogP contribution in [0.2, 0.25) is 0 Å². The number of rotatable bonds is 4. The van der Waals surface area contributed by atoms with Crippen LogP contribution in [0.4, 0.5) is 0 Å². The number of hydrogen-bond donors (Lipinski definition) is 9. The van der Waals surface area contributed by atoms with Crippen LogP contribution in [-0.2, 0) is 14.2 Å². The van der Waals surface area contributed by atoms with Crippen LogP contribution in [0.3, 0.4) is 0 Å². The Balaban J connectivity index is 1.79. The summed E-state index contributed by atoms with van der Waals surface area (Å²) in [5.41, 5.74) is 0.142. The minimum Gasteiger partial charge on any atom is -0.508 e. The third kappa shape index (κ3) is 4.05. The summed E-state index contributed by atoms with van der Waals surface area (Å²) in [4.78, 5) is 0. The number of benzene rings is 1. The standard InChI is InChI=1S/C21H22O12/c22-6-15-17(28)18(29)19(30)21(33-15)32-14-5-9-10(24)3-8(23)4-13(9)31-20(14)7-1-11(25)16(27)12(26)2-7/h1-5,13,15,17-19,21-30H,6H2. The van der Waals surface area contributed by atoms with E-state index < -0.39 is 60.7 Å². The minimum atomic E-state index is -1.76. The number of fused-ring (bicyclic) bond motifs is 1. The third-order valence-corrected chi connectivity index (χ3v) is 5.39. The predicted molar refractivity (Wildman–Crippen MR) is 108 cm³/mol. The van der Waals surface area contributed by atoms with Gasteiger partial charge in [0, 0.05) is 23.3 Å². The van der Waals surface area contributed by atoms with Crippen molar-refractivity contribution in [2.45, 2.75) is 36.8 Å². The molecule has 1 aliphatic carbocycles. The quantitative estimate of drug-likeness (QED) is 0.257. The average molecular weight is 466 g/mol. The Morgan fingerprint density at radius 1 is 0.879 bits per heavy atom. The molecule has 2 heterocycles. The maximum atomic E-state index is 10.3. The van der Waals surface area contributed by atoms with E-state index in [-0.39, 0.29) is 34.2 Å². The zero-order chi connectivity index (χ0) is 24.0. The second-order valence-corrected chi connectivity index (χ2v) is 7.63. The van der Waals surface area contributed by atoms with Gasteiger partial charge in [-0.1, -0.05) is 0 Å². The van der Waals surface area contributed by atoms with Crippen molar-refractivity contribution in [1.29, 1.82) is 0 Å². The lowest BCUT2D eigenvalue weighted by Crippen LogP contribution is -2.59. The summed E-state index contributed by atoms with van der Waals surface area (Å²) >= 11 is 0. The van der Waals surface area contributed by atoms with Gasteiger partial charge in [-0.25, -0.2) is 0 Å². The van der Waals surface area contributed by atoms with Gasteiger partial charge in [-0.2, -0.15) is 0 Å². The van der Waals surface area contributed by atoms with Gasteiger partial charge >= 0.3 is 0 Å². The van der Waals surface area contributed by atoms with E-state index >= 15 is 0 Å². The second-order valence-electron chi connectivity index (χ2n) is 7.63. The highest BCUT2D eigenvalue weighted by Gasteiger charge is 2.45. The SMILES string of the molecule is OCC1OC(OC2=C(c3cc(O)c(O)c(O)c3)OC3C=C(O)C=C(O)C3=C2)C(O)C(O)C1O. The van der Waals surface area contributed by atoms with E-state index in [0.717, 1.165) is 18.2 Å². The van der Waals surface area contributed by atoms with Crippen LogP contribution >= 0.6 is 0 Å². The number of phenolic OH excluding ortho intramolecular Hbond substituents is 3. The maximum absolute atomic E-state index is 10.3. The van der Waals surface area contributed by atoms with Gasteiger partial charge in [-0.15, -0.1) is 0 Å². The zero-order valence-electron chi connectivity index (χ0n) is 16.8. The molecule has 12 nitrogen and oxygen atoms in total. The molecule has 0 bridgehead atoms. The van der Waals surface area contributed by atoms with Gasteiger partial charge in [-0.05, 0) is 18.2 Å². The molecule has 1 saturated heterocycles. The summed E-state index contributed by atoms with van der Waals surface area (Å²) in [5, 5.41) is 89.2. The van der Waals surface area contributed by atoms with Crippen LogP contribution in [0.25, 0.3) is 5.76 Å². The molecule has 0 spiro atoms. The van der Waals surface area contributed by atoms with Crippen molar-refractivity contribution in [1.82, 2.24) is 0 Å². The molecule has 12 heteroatoms. The number of aromatic hydroxyl groups is 3. The highest BCUT2D eigenvalue weighted by molar-refractivity contribution is 5.72. The predicted octanol–water partition coefficient (Wildman–Crippen LogP) is -0.489. The highest BCUT2D eigenvalue weighted by atomic mass is 16.7. The summed E-state index contributed by atoms with van der Waals surface area (Å²) in [6, 6.07) is 2.09. The van der Waals surface area contributed by atoms with Crippen molar-refractivity contribution in [3.05, 3.63) is 58.8 Å². The van der Waals surface area contributed by atoms with Gasteiger partial charge < -0.3 is 60.2 Å². The van der Waals surface area contributed by atoms with Crippen molar-refractivity contribution in [3.8, 4) is 17.2 Å². The summed E-state index contributed by atoms with van der Waals surface area (Å²) in [6.07, 6.45) is -5.38. The smallest absolute Gasteiger partial charge is 0.229 e. The fraction of sp³-hybridized carbons (Fsp3) is 0.333. The van der Waals surface area contributed by atoms with Gasteiger partial charge in [-0.3, -0.25) is 0 Å². The van der Waals surface area contributed by atoms with Crippen LogP contribution in [0.15, 0.2) is 53.2 Å². The normalized spacial score (nSPS) is 31.7. The number of ether oxygens (including phenoxy) is 3. The maximum Gasteiger partial charge on any atom is 0.229 e. The molecule has 0 amide bonds. The molecule has 1 fully saturated rings. The molecule has 4 rings (SSSR count). The van der Waals surface area contributed by atoms with E-state index in [2.05, 4.69) is 0 Å². The summed E-state index contributed by atoms with van der Waals surface area (Å²) in [5.74, 6) is -3.16. The summed E-state index contributed by atoms with van der Waals surface area (Å²) < 4.78 is 16.8. The molecule has 33 heavy (non-hydrogen) atoms. The lowest BCUT2D eigenvalue weighted by molar-refractivity contribution is -0.290. The number of aliphatic hydroxyl groups is 6.